The van der Waals surface area contributed by atoms with Crippen LogP contribution in [0.2, 0.25) is 0 Å². The predicted octanol–water partition coefficient (Wildman–Crippen LogP) is 2.12. The van der Waals surface area contributed by atoms with E-state index in [2.05, 4.69) is 0 Å². The van der Waals surface area contributed by atoms with E-state index < -0.39 is 5.63 Å². The molecule has 2 aliphatic rings. The number of likely N-dealkylation sites (tertiary alicyclic amines) is 1. The van der Waals surface area contributed by atoms with Gasteiger partial charge in [-0.1, -0.05) is 12.8 Å². The molecule has 2 heterocycles. The van der Waals surface area contributed by atoms with Crippen LogP contribution in [0.4, 0.5) is 0 Å². The number of amides is 1. The number of aryl methyl sites for hydroxylation is 1. The third-order valence-corrected chi connectivity index (χ3v) is 4.33. The van der Waals surface area contributed by atoms with Crippen molar-refractivity contribution in [3.8, 4) is 5.75 Å². The summed E-state index contributed by atoms with van der Waals surface area (Å²) in [5.74, 6) is 1.57. The highest BCUT2D eigenvalue weighted by Gasteiger charge is 2.33. The molecular weight excluding hydrogens is 270 g/mol. The minimum Gasteiger partial charge on any atom is -0.488 e. The van der Waals surface area contributed by atoms with Crippen molar-refractivity contribution in [2.75, 3.05) is 13.1 Å². The molecule has 1 aliphatic carbocycles. The van der Waals surface area contributed by atoms with E-state index in [-0.39, 0.29) is 17.9 Å². The van der Waals surface area contributed by atoms with Gasteiger partial charge in [0.25, 0.3) is 0 Å². The summed E-state index contributed by atoms with van der Waals surface area (Å²) >= 11 is 0. The van der Waals surface area contributed by atoms with Crippen molar-refractivity contribution >= 4 is 5.91 Å². The molecule has 1 unspecified atom stereocenters. The molecular formula is C16H21NO4. The first kappa shape index (κ1) is 14.2. The lowest BCUT2D eigenvalue weighted by molar-refractivity contribution is -0.134. The van der Waals surface area contributed by atoms with Crippen molar-refractivity contribution in [1.29, 1.82) is 0 Å². The monoisotopic (exact) mass is 291 g/mol. The summed E-state index contributed by atoms with van der Waals surface area (Å²) in [7, 11) is 0. The van der Waals surface area contributed by atoms with Crippen LogP contribution in [-0.4, -0.2) is 30.0 Å². The van der Waals surface area contributed by atoms with Gasteiger partial charge < -0.3 is 14.1 Å². The molecule has 1 aromatic heterocycles. The second kappa shape index (κ2) is 5.92. The normalized spacial score (nSPS) is 22.7. The topological polar surface area (TPSA) is 59.8 Å². The summed E-state index contributed by atoms with van der Waals surface area (Å²) in [6, 6.07) is 3.07. The van der Waals surface area contributed by atoms with Crippen LogP contribution in [-0.2, 0) is 4.79 Å². The molecule has 1 saturated carbocycles. The fraction of sp³-hybridized carbons (Fsp3) is 0.625. The fourth-order valence-electron chi connectivity index (χ4n) is 3.29. The van der Waals surface area contributed by atoms with Gasteiger partial charge in [-0.25, -0.2) is 4.79 Å². The number of rotatable bonds is 3. The van der Waals surface area contributed by atoms with Crippen LogP contribution in [0.25, 0.3) is 0 Å². The Morgan fingerprint density at radius 3 is 2.76 bits per heavy atom. The average molecular weight is 291 g/mol. The van der Waals surface area contributed by atoms with Gasteiger partial charge in [0.05, 0.1) is 12.6 Å². The van der Waals surface area contributed by atoms with Crippen LogP contribution in [0, 0.1) is 12.8 Å². The number of carbonyl (C=O) groups excluding carboxylic acids is 1. The molecule has 1 saturated heterocycles. The molecule has 1 amide bonds. The van der Waals surface area contributed by atoms with Gasteiger partial charge in [0.15, 0.2) is 0 Å². The minimum absolute atomic E-state index is 0.0310. The lowest BCUT2D eigenvalue weighted by Crippen LogP contribution is -2.34. The predicted molar refractivity (Wildman–Crippen MR) is 77.3 cm³/mol. The second-order valence-electron chi connectivity index (χ2n) is 6.02. The summed E-state index contributed by atoms with van der Waals surface area (Å²) in [6.07, 6.45) is 5.18. The first-order chi connectivity index (χ1) is 10.1. The molecule has 5 nitrogen and oxygen atoms in total. The quantitative estimate of drug-likeness (QED) is 0.856. The van der Waals surface area contributed by atoms with Gasteiger partial charge in [-0.3, -0.25) is 4.79 Å². The molecule has 5 heteroatoms. The van der Waals surface area contributed by atoms with Crippen LogP contribution in [0.1, 0.15) is 37.9 Å². The Balaban J connectivity index is 1.59. The smallest absolute Gasteiger partial charge is 0.339 e. The molecule has 2 fully saturated rings. The zero-order valence-electron chi connectivity index (χ0n) is 12.3. The van der Waals surface area contributed by atoms with Gasteiger partial charge >= 0.3 is 5.63 Å². The minimum atomic E-state index is -0.401. The summed E-state index contributed by atoms with van der Waals surface area (Å²) in [4.78, 5) is 25.6. The number of nitrogens with zero attached hydrogens (tertiary/aromatic N) is 1. The van der Waals surface area contributed by atoms with Gasteiger partial charge in [0.1, 0.15) is 17.6 Å². The van der Waals surface area contributed by atoms with E-state index in [1.165, 1.54) is 18.9 Å². The highest BCUT2D eigenvalue weighted by molar-refractivity contribution is 5.79. The Kier molecular flexibility index (Phi) is 3.99. The van der Waals surface area contributed by atoms with Crippen LogP contribution in [0.5, 0.6) is 5.75 Å². The largest absolute Gasteiger partial charge is 0.488 e. The molecule has 3 rings (SSSR count). The van der Waals surface area contributed by atoms with Gasteiger partial charge in [0.2, 0.25) is 5.91 Å². The highest BCUT2D eigenvalue weighted by Crippen LogP contribution is 2.28. The summed E-state index contributed by atoms with van der Waals surface area (Å²) in [6.45, 7) is 3.09. The number of ether oxygens (including phenoxy) is 1. The maximum absolute atomic E-state index is 12.4. The molecule has 0 radical (unpaired) electrons. The SMILES string of the molecule is Cc1cc(OC2CCN(C(=O)C3CCCC3)C2)cc(=O)o1. The van der Waals surface area contributed by atoms with Crippen molar-refractivity contribution in [2.45, 2.75) is 45.1 Å². The molecule has 114 valence electrons. The van der Waals surface area contributed by atoms with Crippen LogP contribution in [0.15, 0.2) is 21.3 Å². The molecule has 0 bridgehead atoms. The molecule has 0 aromatic carbocycles. The number of hydrogen-bond acceptors (Lipinski definition) is 4. The standard InChI is InChI=1S/C16H21NO4/c1-11-8-14(9-15(18)20-11)21-13-6-7-17(10-13)16(19)12-4-2-3-5-12/h8-9,12-13H,2-7,10H2,1H3. The second-order valence-corrected chi connectivity index (χ2v) is 6.02. The van der Waals surface area contributed by atoms with Crippen molar-refractivity contribution < 1.29 is 13.9 Å². The van der Waals surface area contributed by atoms with E-state index in [4.69, 9.17) is 9.15 Å². The zero-order chi connectivity index (χ0) is 14.8. The Hall–Kier alpha value is -1.78. The van der Waals surface area contributed by atoms with E-state index in [1.54, 1.807) is 13.0 Å². The third kappa shape index (κ3) is 3.28. The van der Waals surface area contributed by atoms with Crippen LogP contribution >= 0.6 is 0 Å². The van der Waals surface area contributed by atoms with E-state index in [9.17, 15) is 9.59 Å². The van der Waals surface area contributed by atoms with Crippen molar-refractivity contribution in [2.24, 2.45) is 5.92 Å². The third-order valence-electron chi connectivity index (χ3n) is 4.33. The van der Waals surface area contributed by atoms with E-state index in [0.717, 1.165) is 25.8 Å². The molecule has 1 aliphatic heterocycles. The van der Waals surface area contributed by atoms with Gasteiger partial charge in [-0.05, 0) is 19.8 Å². The average Bonchev–Trinajstić information content (AvgIpc) is 3.07. The summed E-state index contributed by atoms with van der Waals surface area (Å²) in [5.41, 5.74) is -0.401. The highest BCUT2D eigenvalue weighted by atomic mass is 16.5. The summed E-state index contributed by atoms with van der Waals surface area (Å²) < 4.78 is 10.7. The van der Waals surface area contributed by atoms with E-state index >= 15 is 0 Å². The molecule has 1 atom stereocenters. The van der Waals surface area contributed by atoms with Gasteiger partial charge in [-0.15, -0.1) is 0 Å². The van der Waals surface area contributed by atoms with Gasteiger partial charge in [-0.2, -0.15) is 0 Å². The van der Waals surface area contributed by atoms with Crippen LogP contribution < -0.4 is 10.4 Å². The number of hydrogen-bond donors (Lipinski definition) is 0. The Labute approximate surface area is 123 Å². The van der Waals surface area contributed by atoms with Crippen molar-refractivity contribution in [3.63, 3.8) is 0 Å². The zero-order valence-corrected chi connectivity index (χ0v) is 12.3. The Morgan fingerprint density at radius 1 is 1.29 bits per heavy atom. The molecule has 21 heavy (non-hydrogen) atoms. The van der Waals surface area contributed by atoms with E-state index in [0.29, 0.717) is 18.1 Å². The first-order valence-corrected chi connectivity index (χ1v) is 7.69. The number of carbonyl (C=O) groups is 1. The van der Waals surface area contributed by atoms with Crippen molar-refractivity contribution in [1.82, 2.24) is 4.90 Å². The van der Waals surface area contributed by atoms with Crippen molar-refractivity contribution in [3.05, 3.63) is 28.3 Å². The fourth-order valence-corrected chi connectivity index (χ4v) is 3.29. The Morgan fingerprint density at radius 2 is 2.05 bits per heavy atom. The lowest BCUT2D eigenvalue weighted by Gasteiger charge is -2.20. The Bertz CT molecular complexity index is 574. The van der Waals surface area contributed by atoms with E-state index in [1.807, 2.05) is 4.90 Å². The molecule has 0 spiro atoms. The summed E-state index contributed by atoms with van der Waals surface area (Å²) in [5, 5.41) is 0. The van der Waals surface area contributed by atoms with Gasteiger partial charge in [0, 0.05) is 24.9 Å². The lowest BCUT2D eigenvalue weighted by atomic mass is 10.1. The maximum Gasteiger partial charge on any atom is 0.339 e. The van der Waals surface area contributed by atoms with Crippen LogP contribution in [0.3, 0.4) is 0 Å². The molecule has 1 aromatic rings. The molecule has 0 N–H and O–H groups in total. The first-order valence-electron chi connectivity index (χ1n) is 7.69. The maximum atomic E-state index is 12.4.